The number of amides is 2. The Morgan fingerprint density at radius 2 is 1.92 bits per heavy atom. The minimum Gasteiger partial charge on any atom is -0.494 e. The number of carbonyl (C=O) groups is 2. The first-order valence-corrected chi connectivity index (χ1v) is 11.8. The first-order chi connectivity index (χ1) is 17.9. The molecule has 3 rings (SSSR count). The number of nitrogens with zero attached hydrogens (tertiary/aromatic N) is 1. The molecule has 37 heavy (non-hydrogen) atoms. The Kier molecular flexibility index (Phi) is 9.73. The lowest BCUT2D eigenvalue weighted by molar-refractivity contribution is -0.136. The fraction of sp³-hybridized carbons (Fsp3) is 0.346. The van der Waals surface area contributed by atoms with Crippen LogP contribution in [0.2, 0.25) is 0 Å². The van der Waals surface area contributed by atoms with Crippen molar-refractivity contribution >= 4 is 18.2 Å². The van der Waals surface area contributed by atoms with Crippen LogP contribution in [0.1, 0.15) is 37.9 Å². The molecule has 2 aromatic carbocycles. The average Bonchev–Trinajstić information content (AvgIpc) is 2.87. The molecule has 11 nitrogen and oxygen atoms in total. The molecule has 2 aromatic rings. The van der Waals surface area contributed by atoms with Gasteiger partial charge in [-0.3, -0.25) is 5.43 Å². The van der Waals surface area contributed by atoms with Gasteiger partial charge < -0.3 is 34.7 Å². The van der Waals surface area contributed by atoms with E-state index in [1.54, 1.807) is 31.3 Å². The van der Waals surface area contributed by atoms with E-state index in [1.807, 2.05) is 38.1 Å². The van der Waals surface area contributed by atoms with Gasteiger partial charge in [-0.2, -0.15) is 5.10 Å². The second-order valence-electron chi connectivity index (χ2n) is 7.92. The molecule has 0 saturated heterocycles. The maximum Gasteiger partial charge on any atom is 0.337 e. The van der Waals surface area contributed by atoms with Crippen molar-refractivity contribution in [3.05, 3.63) is 64.9 Å². The predicted octanol–water partition coefficient (Wildman–Crippen LogP) is 2.61. The molecule has 0 bridgehead atoms. The highest BCUT2D eigenvalue weighted by atomic mass is 16.5. The Hall–Kier alpha value is -4.25. The Morgan fingerprint density at radius 3 is 2.65 bits per heavy atom. The van der Waals surface area contributed by atoms with Gasteiger partial charge in [-0.05, 0) is 56.2 Å². The zero-order valence-corrected chi connectivity index (χ0v) is 21.2. The van der Waals surface area contributed by atoms with Gasteiger partial charge in [0, 0.05) is 5.70 Å². The van der Waals surface area contributed by atoms with E-state index in [1.165, 1.54) is 7.11 Å². The zero-order valence-electron chi connectivity index (χ0n) is 21.2. The van der Waals surface area contributed by atoms with Gasteiger partial charge in [0.15, 0.2) is 17.7 Å². The van der Waals surface area contributed by atoms with Gasteiger partial charge in [-0.1, -0.05) is 18.2 Å². The number of methoxy groups -OCH3 is 1. The summed E-state index contributed by atoms with van der Waals surface area (Å²) in [6.45, 7) is 6.15. The minimum absolute atomic E-state index is 0.119. The Bertz CT molecular complexity index is 1170. The lowest BCUT2D eigenvalue weighted by Crippen LogP contribution is -2.45. The molecular formula is C26H32N4O7. The van der Waals surface area contributed by atoms with Gasteiger partial charge in [-0.25, -0.2) is 9.59 Å². The van der Waals surface area contributed by atoms with Crippen LogP contribution >= 0.6 is 0 Å². The summed E-state index contributed by atoms with van der Waals surface area (Å²) in [7, 11) is 1.28. The molecule has 1 aliphatic heterocycles. The number of hydrogen-bond donors (Lipinski definition) is 4. The van der Waals surface area contributed by atoms with Crippen LogP contribution in [0.3, 0.4) is 0 Å². The van der Waals surface area contributed by atoms with Crippen LogP contribution in [0.4, 0.5) is 4.79 Å². The first-order valence-electron chi connectivity index (χ1n) is 11.8. The van der Waals surface area contributed by atoms with Gasteiger partial charge in [0.2, 0.25) is 0 Å². The summed E-state index contributed by atoms with van der Waals surface area (Å²) < 4.78 is 21.8. The zero-order chi connectivity index (χ0) is 26.8. The first kappa shape index (κ1) is 27.3. The lowest BCUT2D eigenvalue weighted by Gasteiger charge is -2.28. The molecule has 0 fully saturated rings. The van der Waals surface area contributed by atoms with E-state index in [0.29, 0.717) is 36.0 Å². The number of hydrogen-bond acceptors (Lipinski definition) is 9. The van der Waals surface area contributed by atoms with Gasteiger partial charge in [0.05, 0.1) is 38.2 Å². The van der Waals surface area contributed by atoms with Crippen molar-refractivity contribution in [3.8, 4) is 17.2 Å². The van der Waals surface area contributed by atoms with E-state index < -0.39 is 24.3 Å². The molecule has 0 aromatic heterocycles. The Labute approximate surface area is 215 Å². The molecule has 198 valence electrons. The maximum absolute atomic E-state index is 12.4. The topological polar surface area (TPSA) is 140 Å². The van der Waals surface area contributed by atoms with Crippen LogP contribution in [0, 0.1) is 0 Å². The third-order valence-corrected chi connectivity index (χ3v) is 5.28. The second-order valence-corrected chi connectivity index (χ2v) is 7.92. The van der Waals surface area contributed by atoms with Gasteiger partial charge >= 0.3 is 12.0 Å². The summed E-state index contributed by atoms with van der Waals surface area (Å²) in [5.41, 5.74) is 4.70. The van der Waals surface area contributed by atoms with Crippen LogP contribution < -0.4 is 30.3 Å². The number of hydrazone groups is 1. The number of rotatable bonds is 12. The van der Waals surface area contributed by atoms with Gasteiger partial charge in [-0.15, -0.1) is 0 Å². The second kappa shape index (κ2) is 13.2. The number of nitrogens with one attached hydrogen (secondary N) is 3. The van der Waals surface area contributed by atoms with E-state index in [9.17, 15) is 14.7 Å². The molecule has 11 heteroatoms. The Balaban J connectivity index is 1.68. The molecule has 2 amide bonds. The normalized spacial score (nSPS) is 16.0. The van der Waals surface area contributed by atoms with Crippen molar-refractivity contribution in [2.45, 2.75) is 33.0 Å². The summed E-state index contributed by atoms with van der Waals surface area (Å²) >= 11 is 0. The number of urea groups is 1. The molecule has 4 N–H and O–H groups in total. The number of aliphatic hydroxyl groups excluding tert-OH is 1. The summed E-state index contributed by atoms with van der Waals surface area (Å²) in [6.07, 6.45) is 0.467. The molecule has 0 aliphatic carbocycles. The average molecular weight is 513 g/mol. The van der Waals surface area contributed by atoms with E-state index in [-0.39, 0.29) is 12.2 Å². The monoisotopic (exact) mass is 512 g/mol. The van der Waals surface area contributed by atoms with Crippen molar-refractivity contribution in [3.63, 3.8) is 0 Å². The van der Waals surface area contributed by atoms with Crippen molar-refractivity contribution in [2.24, 2.45) is 5.10 Å². The molecule has 0 radical (unpaired) electrons. The number of benzene rings is 2. The standard InChI is InChI=1S/C26H32N4O7/c1-5-35-19-9-7-8-17(12-19)14-27-30-22(31)15-37-20-11-10-18(13-21(20)36-6-2)24-23(25(32)34-4)16(3)28-26(33)29-24/h7-14,22,24,30-31H,5-6,15H2,1-4H3,(H2,28,29,33)/b27-14+/t22-,24+/m0/s1. The number of carbonyl (C=O) groups excluding carboxylic acids is 2. The molecular weight excluding hydrogens is 480 g/mol. The van der Waals surface area contributed by atoms with Crippen molar-refractivity contribution < 1.29 is 33.6 Å². The molecule has 0 spiro atoms. The van der Waals surface area contributed by atoms with Crippen LogP contribution in [0.5, 0.6) is 17.2 Å². The molecule has 2 atom stereocenters. The third-order valence-electron chi connectivity index (χ3n) is 5.28. The summed E-state index contributed by atoms with van der Waals surface area (Å²) in [5, 5.41) is 19.6. The van der Waals surface area contributed by atoms with Crippen LogP contribution in [-0.4, -0.2) is 56.5 Å². The number of aliphatic hydroxyl groups is 1. The highest BCUT2D eigenvalue weighted by Gasteiger charge is 2.32. The van der Waals surface area contributed by atoms with Gasteiger partial charge in [0.25, 0.3) is 0 Å². The predicted molar refractivity (Wildman–Crippen MR) is 137 cm³/mol. The van der Waals surface area contributed by atoms with Crippen molar-refractivity contribution in [1.29, 1.82) is 0 Å². The molecule has 0 unspecified atom stereocenters. The van der Waals surface area contributed by atoms with E-state index in [4.69, 9.17) is 18.9 Å². The fourth-order valence-corrected chi connectivity index (χ4v) is 3.67. The summed E-state index contributed by atoms with van der Waals surface area (Å²) in [4.78, 5) is 24.4. The van der Waals surface area contributed by atoms with Crippen LogP contribution in [0.15, 0.2) is 58.8 Å². The maximum atomic E-state index is 12.4. The van der Waals surface area contributed by atoms with Crippen molar-refractivity contribution in [2.75, 3.05) is 26.9 Å². The molecule has 1 aliphatic rings. The third kappa shape index (κ3) is 7.37. The summed E-state index contributed by atoms with van der Waals surface area (Å²) in [5.74, 6) is 0.932. The number of ether oxygens (including phenoxy) is 4. The van der Waals surface area contributed by atoms with Crippen LogP contribution in [-0.2, 0) is 9.53 Å². The lowest BCUT2D eigenvalue weighted by atomic mass is 9.95. The molecule has 0 saturated carbocycles. The highest BCUT2D eigenvalue weighted by Crippen LogP contribution is 2.34. The quantitative estimate of drug-likeness (QED) is 0.147. The molecule has 1 heterocycles. The Morgan fingerprint density at radius 1 is 1.14 bits per heavy atom. The van der Waals surface area contributed by atoms with E-state index in [0.717, 1.165) is 11.3 Å². The largest absolute Gasteiger partial charge is 0.494 e. The smallest absolute Gasteiger partial charge is 0.337 e. The summed E-state index contributed by atoms with van der Waals surface area (Å²) in [6, 6.07) is 11.2. The number of esters is 1. The highest BCUT2D eigenvalue weighted by molar-refractivity contribution is 5.95. The van der Waals surface area contributed by atoms with Gasteiger partial charge in [0.1, 0.15) is 12.4 Å². The minimum atomic E-state index is -1.10. The van der Waals surface area contributed by atoms with Crippen LogP contribution in [0.25, 0.3) is 0 Å². The number of allylic oxidation sites excluding steroid dienone is 1. The van der Waals surface area contributed by atoms with E-state index in [2.05, 4.69) is 21.2 Å². The SMILES string of the molecule is CCOc1cccc(/C=N/N[C@@H](O)COc2ccc([C@H]3NC(=O)NC(C)=C3C(=O)OC)cc2OCC)c1. The fourth-order valence-electron chi connectivity index (χ4n) is 3.67. The van der Waals surface area contributed by atoms with E-state index >= 15 is 0 Å². The van der Waals surface area contributed by atoms with Crippen molar-refractivity contribution in [1.82, 2.24) is 16.1 Å².